The van der Waals surface area contributed by atoms with Gasteiger partial charge in [0, 0.05) is 5.56 Å². The first-order chi connectivity index (χ1) is 6.06. The van der Waals surface area contributed by atoms with Crippen molar-refractivity contribution >= 4 is 21.6 Å². The molecule has 0 aliphatic heterocycles. The summed E-state index contributed by atoms with van der Waals surface area (Å²) in [5, 5.41) is 21.2. The summed E-state index contributed by atoms with van der Waals surface area (Å²) in [4.78, 5) is 0. The average molecular weight is 244 g/mol. The van der Waals surface area contributed by atoms with Crippen LogP contribution in [0.5, 0.6) is 5.75 Å². The van der Waals surface area contributed by atoms with E-state index in [1.54, 1.807) is 19.1 Å². The van der Waals surface area contributed by atoms with Gasteiger partial charge in [-0.15, -0.1) is 0 Å². The Hall–Kier alpha value is -1.03. The molecule has 3 nitrogen and oxygen atoms in total. The molecule has 1 aromatic carbocycles. The van der Waals surface area contributed by atoms with E-state index >= 15 is 0 Å². The molecule has 0 unspecified atom stereocenters. The average Bonchev–Trinajstić information content (AvgIpc) is 2.10. The van der Waals surface area contributed by atoms with Crippen LogP contribution in [0.15, 0.2) is 21.8 Å². The summed E-state index contributed by atoms with van der Waals surface area (Å²) >= 11 is 3.21. The minimum Gasteiger partial charge on any atom is -0.506 e. The van der Waals surface area contributed by atoms with Crippen molar-refractivity contribution in [2.45, 2.75) is 13.8 Å². The Balaban J connectivity index is 3.37. The zero-order valence-corrected chi connectivity index (χ0v) is 8.96. The van der Waals surface area contributed by atoms with Gasteiger partial charge in [0.05, 0.1) is 10.2 Å². The Morgan fingerprint density at radius 2 is 2.08 bits per heavy atom. The Kier molecular flexibility index (Phi) is 2.93. The van der Waals surface area contributed by atoms with Crippen molar-refractivity contribution in [2.24, 2.45) is 5.16 Å². The predicted molar refractivity (Wildman–Crippen MR) is 54.5 cm³/mol. The van der Waals surface area contributed by atoms with Gasteiger partial charge in [-0.3, -0.25) is 0 Å². The fourth-order valence-electron chi connectivity index (χ4n) is 1.06. The van der Waals surface area contributed by atoms with Crippen LogP contribution < -0.4 is 0 Å². The lowest BCUT2D eigenvalue weighted by atomic mass is 10.1. The standard InChI is InChI=1S/C9H10BrNO2/c1-5-3-7(6(2)11-13)9(12)8(10)4-5/h3-4,12-13H,1-2H3. The smallest absolute Gasteiger partial charge is 0.138 e. The largest absolute Gasteiger partial charge is 0.506 e. The van der Waals surface area contributed by atoms with Crippen molar-refractivity contribution in [3.8, 4) is 5.75 Å². The van der Waals surface area contributed by atoms with Crippen molar-refractivity contribution in [1.29, 1.82) is 0 Å². The molecular formula is C9H10BrNO2. The van der Waals surface area contributed by atoms with Crippen LogP contribution in [-0.2, 0) is 0 Å². The maximum Gasteiger partial charge on any atom is 0.138 e. The van der Waals surface area contributed by atoms with Gasteiger partial charge in [-0.05, 0) is 47.5 Å². The van der Waals surface area contributed by atoms with Crippen molar-refractivity contribution in [3.05, 3.63) is 27.7 Å². The molecule has 1 aromatic rings. The summed E-state index contributed by atoms with van der Waals surface area (Å²) < 4.78 is 0.602. The molecule has 0 radical (unpaired) electrons. The van der Waals surface area contributed by atoms with Crippen LogP contribution >= 0.6 is 15.9 Å². The lowest BCUT2D eigenvalue weighted by Crippen LogP contribution is -1.96. The number of aromatic hydroxyl groups is 1. The minimum atomic E-state index is 0.0981. The third-order valence-electron chi connectivity index (χ3n) is 1.75. The van der Waals surface area contributed by atoms with Gasteiger partial charge in [0.25, 0.3) is 0 Å². The van der Waals surface area contributed by atoms with E-state index in [4.69, 9.17) is 5.21 Å². The highest BCUT2D eigenvalue weighted by molar-refractivity contribution is 9.10. The minimum absolute atomic E-state index is 0.0981. The molecule has 0 saturated carbocycles. The van der Waals surface area contributed by atoms with Gasteiger partial charge >= 0.3 is 0 Å². The third kappa shape index (κ3) is 2.01. The molecule has 0 aromatic heterocycles. The van der Waals surface area contributed by atoms with Crippen LogP contribution in [0.2, 0.25) is 0 Å². The number of hydrogen-bond donors (Lipinski definition) is 2. The quantitative estimate of drug-likeness (QED) is 0.453. The van der Waals surface area contributed by atoms with E-state index in [0.29, 0.717) is 15.7 Å². The second-order valence-electron chi connectivity index (χ2n) is 2.83. The first-order valence-electron chi connectivity index (χ1n) is 3.74. The SMILES string of the molecule is CC(=NO)c1cc(C)cc(Br)c1O. The van der Waals surface area contributed by atoms with Crippen molar-refractivity contribution in [3.63, 3.8) is 0 Å². The summed E-state index contributed by atoms with van der Waals surface area (Å²) in [5.74, 6) is 0.0981. The summed E-state index contributed by atoms with van der Waals surface area (Å²) in [5.41, 5.74) is 1.92. The second kappa shape index (κ2) is 3.79. The molecule has 0 fully saturated rings. The molecule has 1 rings (SSSR count). The number of rotatable bonds is 1. The number of nitrogens with zero attached hydrogens (tertiary/aromatic N) is 1. The van der Waals surface area contributed by atoms with Crippen LogP contribution in [0.4, 0.5) is 0 Å². The molecule has 0 aliphatic rings. The van der Waals surface area contributed by atoms with E-state index in [0.717, 1.165) is 5.56 Å². The van der Waals surface area contributed by atoms with E-state index in [1.165, 1.54) is 0 Å². The highest BCUT2D eigenvalue weighted by Gasteiger charge is 2.09. The van der Waals surface area contributed by atoms with Gasteiger partial charge < -0.3 is 10.3 Å². The van der Waals surface area contributed by atoms with E-state index < -0.39 is 0 Å². The molecule has 0 amide bonds. The summed E-state index contributed by atoms with van der Waals surface area (Å²) in [6.45, 7) is 3.53. The first kappa shape index (κ1) is 10.1. The van der Waals surface area contributed by atoms with Crippen LogP contribution in [0, 0.1) is 6.92 Å². The molecule has 0 atom stereocenters. The highest BCUT2D eigenvalue weighted by atomic mass is 79.9. The number of phenolic OH excluding ortho intramolecular Hbond substituents is 1. The topological polar surface area (TPSA) is 52.8 Å². The molecule has 13 heavy (non-hydrogen) atoms. The van der Waals surface area contributed by atoms with Gasteiger partial charge in [-0.1, -0.05) is 5.16 Å². The number of aryl methyl sites for hydroxylation is 1. The van der Waals surface area contributed by atoms with Crippen LogP contribution in [0.3, 0.4) is 0 Å². The molecule has 0 heterocycles. The summed E-state index contributed by atoms with van der Waals surface area (Å²) in [7, 11) is 0. The highest BCUT2D eigenvalue weighted by Crippen LogP contribution is 2.29. The number of oxime groups is 1. The van der Waals surface area contributed by atoms with E-state index in [9.17, 15) is 5.11 Å². The van der Waals surface area contributed by atoms with E-state index in [1.807, 2.05) is 6.92 Å². The predicted octanol–water partition coefficient (Wildman–Crippen LogP) is 2.66. The molecule has 0 aliphatic carbocycles. The number of hydrogen-bond acceptors (Lipinski definition) is 3. The molecule has 0 saturated heterocycles. The van der Waals surface area contributed by atoms with Crippen LogP contribution in [-0.4, -0.2) is 16.0 Å². The maximum atomic E-state index is 9.58. The van der Waals surface area contributed by atoms with Gasteiger partial charge in [0.1, 0.15) is 5.75 Å². The van der Waals surface area contributed by atoms with Crippen LogP contribution in [0.1, 0.15) is 18.1 Å². The zero-order valence-electron chi connectivity index (χ0n) is 7.37. The van der Waals surface area contributed by atoms with Gasteiger partial charge in [0.2, 0.25) is 0 Å². The Morgan fingerprint density at radius 3 is 2.62 bits per heavy atom. The molecule has 0 bridgehead atoms. The fourth-order valence-corrected chi connectivity index (χ4v) is 1.64. The van der Waals surface area contributed by atoms with Crippen LogP contribution in [0.25, 0.3) is 0 Å². The Bertz CT molecular complexity index is 361. The second-order valence-corrected chi connectivity index (χ2v) is 3.68. The fraction of sp³-hybridized carbons (Fsp3) is 0.222. The lowest BCUT2D eigenvalue weighted by Gasteiger charge is -2.06. The van der Waals surface area contributed by atoms with Gasteiger partial charge in [0.15, 0.2) is 0 Å². The summed E-state index contributed by atoms with van der Waals surface area (Å²) in [6, 6.07) is 3.55. The molecule has 70 valence electrons. The third-order valence-corrected chi connectivity index (χ3v) is 2.35. The Labute approximate surface area is 84.8 Å². The van der Waals surface area contributed by atoms with Gasteiger partial charge in [-0.25, -0.2) is 0 Å². The maximum absolute atomic E-state index is 9.58. The first-order valence-corrected chi connectivity index (χ1v) is 4.53. The molecule has 2 N–H and O–H groups in total. The van der Waals surface area contributed by atoms with Crippen molar-refractivity contribution in [2.75, 3.05) is 0 Å². The van der Waals surface area contributed by atoms with Gasteiger partial charge in [-0.2, -0.15) is 0 Å². The number of benzene rings is 1. The zero-order chi connectivity index (χ0) is 10.0. The normalized spacial score (nSPS) is 11.8. The number of halogens is 1. The Morgan fingerprint density at radius 1 is 1.46 bits per heavy atom. The van der Waals surface area contributed by atoms with Crippen molar-refractivity contribution in [1.82, 2.24) is 0 Å². The van der Waals surface area contributed by atoms with E-state index in [2.05, 4.69) is 21.1 Å². The monoisotopic (exact) mass is 243 g/mol. The number of phenols is 1. The van der Waals surface area contributed by atoms with E-state index in [-0.39, 0.29) is 5.75 Å². The summed E-state index contributed by atoms with van der Waals surface area (Å²) in [6.07, 6.45) is 0. The van der Waals surface area contributed by atoms with Crippen molar-refractivity contribution < 1.29 is 10.3 Å². The molecule has 0 spiro atoms. The lowest BCUT2D eigenvalue weighted by molar-refractivity contribution is 0.318. The molecule has 4 heteroatoms. The molecular weight excluding hydrogens is 234 g/mol.